The van der Waals surface area contributed by atoms with E-state index >= 15 is 0 Å². The number of piperidine rings is 1. The van der Waals surface area contributed by atoms with Gasteiger partial charge in [-0.2, -0.15) is 5.10 Å². The minimum absolute atomic E-state index is 0.0265. The highest BCUT2D eigenvalue weighted by molar-refractivity contribution is 6.08. The van der Waals surface area contributed by atoms with E-state index < -0.39 is 29.2 Å². The Bertz CT molecular complexity index is 1360. The van der Waals surface area contributed by atoms with Gasteiger partial charge in [-0.25, -0.2) is 28.1 Å². The van der Waals surface area contributed by atoms with Crippen molar-refractivity contribution in [3.8, 4) is 16.9 Å². The maximum absolute atomic E-state index is 14.7. The Morgan fingerprint density at radius 2 is 1.78 bits per heavy atom. The molecule has 3 aromatic rings. The minimum atomic E-state index is -0.840. The Hall–Kier alpha value is -3.86. The van der Waals surface area contributed by atoms with Crippen molar-refractivity contribution in [3.05, 3.63) is 59.4 Å². The molecule has 0 spiro atoms. The lowest BCUT2D eigenvalue weighted by Crippen LogP contribution is -2.37. The van der Waals surface area contributed by atoms with Gasteiger partial charge in [-0.1, -0.05) is 6.07 Å². The number of aliphatic hydroxyl groups excluding tert-OH is 1. The smallest absolute Gasteiger partial charge is 0.417 e. The third-order valence-corrected chi connectivity index (χ3v) is 6.28. The largest absolute Gasteiger partial charge is 0.443 e. The molecular weight excluding hydrogens is 484 g/mol. The highest BCUT2D eigenvalue weighted by atomic mass is 19.1. The molecule has 0 atom stereocenters. The van der Waals surface area contributed by atoms with Crippen LogP contribution in [0.5, 0.6) is 0 Å². The van der Waals surface area contributed by atoms with E-state index in [4.69, 9.17) is 4.74 Å². The van der Waals surface area contributed by atoms with Crippen LogP contribution in [0.2, 0.25) is 0 Å². The summed E-state index contributed by atoms with van der Waals surface area (Å²) in [6.45, 7) is 6.08. The fraction of sp³-hybridized carbons (Fsp3) is 0.385. The van der Waals surface area contributed by atoms with Gasteiger partial charge >= 0.3 is 6.09 Å². The summed E-state index contributed by atoms with van der Waals surface area (Å²) in [4.78, 5) is 33.5. The number of carbonyl (C=O) groups is 2. The van der Waals surface area contributed by atoms with Gasteiger partial charge in [0.05, 0.1) is 40.9 Å². The lowest BCUT2D eigenvalue weighted by atomic mass is 10.1. The first-order valence-corrected chi connectivity index (χ1v) is 12.0. The van der Waals surface area contributed by atoms with Gasteiger partial charge in [0.15, 0.2) is 5.82 Å². The van der Waals surface area contributed by atoms with Crippen molar-refractivity contribution in [1.82, 2.24) is 19.7 Å². The SMILES string of the molecule is CC(C)(C)OC(=O)N1Cc2nc(-c3c(F)cccc3F)cc(-n3ccc(N4CCC(O)CC4)n3)c2C1=O. The number of carbonyl (C=O) groups excluding carboxylic acids is 2. The molecule has 2 amide bonds. The van der Waals surface area contributed by atoms with Gasteiger partial charge < -0.3 is 14.7 Å². The Kier molecular flexibility index (Phi) is 6.18. The maximum Gasteiger partial charge on any atom is 0.417 e. The van der Waals surface area contributed by atoms with Gasteiger partial charge in [0.1, 0.15) is 17.2 Å². The number of nitrogens with zero attached hydrogens (tertiary/aromatic N) is 5. The normalized spacial score (nSPS) is 16.3. The maximum atomic E-state index is 14.7. The summed E-state index contributed by atoms with van der Waals surface area (Å²) in [5.74, 6) is -1.62. The summed E-state index contributed by atoms with van der Waals surface area (Å²) in [6, 6.07) is 6.67. The lowest BCUT2D eigenvalue weighted by Gasteiger charge is -2.29. The fourth-order valence-electron chi connectivity index (χ4n) is 4.51. The molecular formula is C26H27F2N5O4. The average molecular weight is 512 g/mol. The van der Waals surface area contributed by atoms with Gasteiger partial charge in [0, 0.05) is 25.4 Å². The zero-order chi connectivity index (χ0) is 26.5. The van der Waals surface area contributed by atoms with Crippen molar-refractivity contribution in [3.63, 3.8) is 0 Å². The van der Waals surface area contributed by atoms with E-state index in [0.717, 1.165) is 17.0 Å². The van der Waals surface area contributed by atoms with E-state index in [9.17, 15) is 23.5 Å². The number of hydrogen-bond acceptors (Lipinski definition) is 7. The second-order valence-electron chi connectivity index (χ2n) is 10.2. The number of hydrogen-bond donors (Lipinski definition) is 1. The summed E-state index contributed by atoms with van der Waals surface area (Å²) < 4.78 is 36.2. The quantitative estimate of drug-likeness (QED) is 0.566. The van der Waals surface area contributed by atoms with Crippen molar-refractivity contribution >= 4 is 17.8 Å². The van der Waals surface area contributed by atoms with Crippen LogP contribution in [0.1, 0.15) is 49.7 Å². The first-order chi connectivity index (χ1) is 17.5. The fourth-order valence-corrected chi connectivity index (χ4v) is 4.51. The predicted molar refractivity (Wildman–Crippen MR) is 130 cm³/mol. The molecule has 11 heteroatoms. The second kappa shape index (κ2) is 9.22. The Labute approximate surface area is 212 Å². The first kappa shape index (κ1) is 24.8. The van der Waals surface area contributed by atoms with Crippen LogP contribution in [0, 0.1) is 11.6 Å². The van der Waals surface area contributed by atoms with E-state index in [1.807, 2.05) is 4.90 Å². The van der Waals surface area contributed by atoms with E-state index in [0.29, 0.717) is 31.7 Å². The number of imide groups is 1. The van der Waals surface area contributed by atoms with E-state index in [2.05, 4.69) is 10.1 Å². The van der Waals surface area contributed by atoms with Gasteiger partial charge in [0.2, 0.25) is 0 Å². The lowest BCUT2D eigenvalue weighted by molar-refractivity contribution is 0.0247. The molecule has 2 aromatic heterocycles. The zero-order valence-electron chi connectivity index (χ0n) is 20.7. The van der Waals surface area contributed by atoms with Crippen molar-refractivity contribution < 1.29 is 28.2 Å². The van der Waals surface area contributed by atoms with Crippen LogP contribution >= 0.6 is 0 Å². The van der Waals surface area contributed by atoms with Crippen molar-refractivity contribution in [2.45, 2.75) is 51.9 Å². The highest BCUT2D eigenvalue weighted by Gasteiger charge is 2.39. The average Bonchev–Trinajstić information content (AvgIpc) is 3.43. The van der Waals surface area contributed by atoms with E-state index in [-0.39, 0.29) is 40.9 Å². The number of ether oxygens (including phenoxy) is 1. The third kappa shape index (κ3) is 4.78. The number of anilines is 1. The van der Waals surface area contributed by atoms with Crippen molar-refractivity contribution in [2.24, 2.45) is 0 Å². The number of benzene rings is 1. The zero-order valence-corrected chi connectivity index (χ0v) is 20.7. The summed E-state index contributed by atoms with van der Waals surface area (Å²) in [5, 5.41) is 14.4. The van der Waals surface area contributed by atoms with Crippen LogP contribution in [0.15, 0.2) is 36.5 Å². The summed E-state index contributed by atoms with van der Waals surface area (Å²) in [7, 11) is 0. The first-order valence-electron chi connectivity index (χ1n) is 12.0. The molecule has 194 valence electrons. The molecule has 0 bridgehead atoms. The monoisotopic (exact) mass is 511 g/mol. The number of rotatable bonds is 3. The molecule has 1 saturated heterocycles. The van der Waals surface area contributed by atoms with Crippen molar-refractivity contribution in [1.29, 1.82) is 0 Å². The Balaban J connectivity index is 1.60. The number of pyridine rings is 1. The molecule has 2 aliphatic heterocycles. The topological polar surface area (TPSA) is 101 Å². The number of aromatic nitrogens is 3. The van der Waals surface area contributed by atoms with Crippen molar-refractivity contribution in [2.75, 3.05) is 18.0 Å². The summed E-state index contributed by atoms with van der Waals surface area (Å²) >= 11 is 0. The molecule has 0 aliphatic carbocycles. The molecule has 9 nitrogen and oxygen atoms in total. The number of fused-ring (bicyclic) bond motifs is 1. The van der Waals surface area contributed by atoms with Gasteiger partial charge in [-0.3, -0.25) is 4.79 Å². The molecule has 5 rings (SSSR count). The molecule has 0 saturated carbocycles. The van der Waals surface area contributed by atoms with Gasteiger partial charge in [0.25, 0.3) is 5.91 Å². The van der Waals surface area contributed by atoms with Crippen LogP contribution in [-0.4, -0.2) is 61.6 Å². The van der Waals surface area contributed by atoms with Crippen LogP contribution in [0.4, 0.5) is 19.4 Å². The molecule has 4 heterocycles. The summed E-state index contributed by atoms with van der Waals surface area (Å²) in [5.41, 5.74) is -0.669. The highest BCUT2D eigenvalue weighted by Crippen LogP contribution is 2.34. The minimum Gasteiger partial charge on any atom is -0.443 e. The third-order valence-electron chi connectivity index (χ3n) is 6.28. The second-order valence-corrected chi connectivity index (χ2v) is 10.2. The Morgan fingerprint density at radius 3 is 2.43 bits per heavy atom. The van der Waals surface area contributed by atoms with Crippen LogP contribution in [-0.2, 0) is 11.3 Å². The van der Waals surface area contributed by atoms with Crippen LogP contribution < -0.4 is 4.90 Å². The predicted octanol–water partition coefficient (Wildman–Crippen LogP) is 4.06. The standard InChI is InChI=1S/C26H27F2N5O4/c1-26(2,3)37-25(36)32-14-19-23(24(32)35)20(13-18(29-19)22-16(27)5-4-6-17(22)28)33-12-9-21(30-33)31-10-7-15(34)8-11-31/h4-6,9,12-13,15,34H,7-8,10-11,14H2,1-3H3. The molecule has 1 N–H and O–H groups in total. The molecule has 0 unspecified atom stereocenters. The number of amides is 2. The molecule has 2 aliphatic rings. The molecule has 37 heavy (non-hydrogen) atoms. The van der Waals surface area contributed by atoms with E-state index in [1.54, 1.807) is 33.0 Å². The van der Waals surface area contributed by atoms with Gasteiger partial charge in [-0.15, -0.1) is 0 Å². The summed E-state index contributed by atoms with van der Waals surface area (Å²) in [6.07, 6.45) is 1.67. The van der Waals surface area contributed by atoms with Crippen LogP contribution in [0.25, 0.3) is 16.9 Å². The van der Waals surface area contributed by atoms with Crippen LogP contribution in [0.3, 0.4) is 0 Å². The molecule has 1 fully saturated rings. The van der Waals surface area contributed by atoms with Gasteiger partial charge in [-0.05, 0) is 51.8 Å². The van der Waals surface area contributed by atoms with E-state index in [1.165, 1.54) is 16.8 Å². The number of halogens is 2. The number of aliphatic hydroxyl groups is 1. The molecule has 1 aromatic carbocycles. The molecule has 0 radical (unpaired) electrons. The Morgan fingerprint density at radius 1 is 1.11 bits per heavy atom.